The highest BCUT2D eigenvalue weighted by molar-refractivity contribution is 8.00. The highest BCUT2D eigenvalue weighted by atomic mass is 32.2. The van der Waals surface area contributed by atoms with Gasteiger partial charge in [-0.05, 0) is 25.5 Å². The van der Waals surface area contributed by atoms with Crippen LogP contribution < -0.4 is 5.73 Å². The van der Waals surface area contributed by atoms with Crippen LogP contribution in [0.25, 0.3) is 0 Å². The van der Waals surface area contributed by atoms with Crippen LogP contribution in [0.5, 0.6) is 0 Å². The molecule has 1 atom stereocenters. The van der Waals surface area contributed by atoms with Crippen LogP contribution in [0, 0.1) is 0 Å². The number of carboxylic acid groups (broad SMARTS) is 1. The van der Waals surface area contributed by atoms with Gasteiger partial charge in [-0.2, -0.15) is 11.8 Å². The zero-order valence-corrected chi connectivity index (χ0v) is 10.3. The number of carboxylic acids is 1. The third kappa shape index (κ3) is 6.27. The average Bonchev–Trinajstić information content (AvgIpc) is 1.96. The number of rotatable bonds is 5. The zero-order chi connectivity index (χ0) is 11.4. The molecule has 1 unspecified atom stereocenters. The standard InChI is InChI=1S/C10H21NO2S/c1-9(2,3)14-7-5-6-10(4,11)8(12)13/h5-7,11H2,1-4H3,(H,12,13). The Kier molecular flexibility index (Phi) is 4.95. The SMILES string of the molecule is CC(C)(C)SCCCC(C)(N)C(=O)O. The van der Waals surface area contributed by atoms with Crippen LogP contribution in [0.15, 0.2) is 0 Å². The quantitative estimate of drug-likeness (QED) is 0.695. The van der Waals surface area contributed by atoms with Gasteiger partial charge in [0.25, 0.3) is 0 Å². The normalized spacial score (nSPS) is 16.4. The minimum absolute atomic E-state index is 0.244. The van der Waals surface area contributed by atoms with Crippen molar-refractivity contribution < 1.29 is 9.90 Å². The van der Waals surface area contributed by atoms with E-state index in [1.807, 2.05) is 11.8 Å². The van der Waals surface area contributed by atoms with Crippen molar-refractivity contribution in [3.05, 3.63) is 0 Å². The minimum atomic E-state index is -1.07. The number of thioether (sulfide) groups is 1. The average molecular weight is 219 g/mol. The van der Waals surface area contributed by atoms with Crippen molar-refractivity contribution in [3.63, 3.8) is 0 Å². The van der Waals surface area contributed by atoms with Crippen molar-refractivity contribution in [1.82, 2.24) is 0 Å². The largest absolute Gasteiger partial charge is 0.480 e. The van der Waals surface area contributed by atoms with E-state index >= 15 is 0 Å². The summed E-state index contributed by atoms with van der Waals surface area (Å²) >= 11 is 1.84. The van der Waals surface area contributed by atoms with Crippen LogP contribution >= 0.6 is 11.8 Å². The minimum Gasteiger partial charge on any atom is -0.480 e. The lowest BCUT2D eigenvalue weighted by Gasteiger charge is -2.21. The molecule has 3 N–H and O–H groups in total. The summed E-state index contributed by atoms with van der Waals surface area (Å²) in [6, 6.07) is 0. The van der Waals surface area contributed by atoms with Crippen molar-refractivity contribution >= 4 is 17.7 Å². The molecule has 0 saturated heterocycles. The fraction of sp³-hybridized carbons (Fsp3) is 0.900. The van der Waals surface area contributed by atoms with Crippen molar-refractivity contribution in [2.75, 3.05) is 5.75 Å². The molecule has 0 saturated carbocycles. The molecule has 84 valence electrons. The monoisotopic (exact) mass is 219 g/mol. The molecule has 14 heavy (non-hydrogen) atoms. The second kappa shape index (κ2) is 5.03. The topological polar surface area (TPSA) is 63.3 Å². The van der Waals surface area contributed by atoms with Crippen molar-refractivity contribution in [3.8, 4) is 0 Å². The maximum absolute atomic E-state index is 10.7. The third-order valence-corrected chi connectivity index (χ3v) is 3.22. The second-order valence-corrected chi connectivity index (χ2v) is 6.71. The van der Waals surface area contributed by atoms with Crippen LogP contribution in [0.3, 0.4) is 0 Å². The summed E-state index contributed by atoms with van der Waals surface area (Å²) in [6.07, 6.45) is 1.38. The van der Waals surface area contributed by atoms with Gasteiger partial charge < -0.3 is 10.8 Å². The lowest BCUT2D eigenvalue weighted by Crippen LogP contribution is -2.44. The predicted octanol–water partition coefficient (Wildman–Crippen LogP) is 2.10. The van der Waals surface area contributed by atoms with Gasteiger partial charge in [0.05, 0.1) is 0 Å². The number of carbonyl (C=O) groups is 1. The Balaban J connectivity index is 3.70. The van der Waals surface area contributed by atoms with Gasteiger partial charge in [0, 0.05) is 4.75 Å². The first-order valence-electron chi connectivity index (χ1n) is 4.81. The maximum atomic E-state index is 10.7. The van der Waals surface area contributed by atoms with Crippen LogP contribution in [0.2, 0.25) is 0 Å². The molecule has 0 rings (SSSR count). The molecule has 0 spiro atoms. The molecule has 0 aromatic rings. The van der Waals surface area contributed by atoms with Crippen LogP contribution in [-0.2, 0) is 4.79 Å². The number of hydrogen-bond donors (Lipinski definition) is 2. The van der Waals surface area contributed by atoms with Gasteiger partial charge in [-0.1, -0.05) is 20.8 Å². The van der Waals surface area contributed by atoms with Crippen molar-refractivity contribution in [2.24, 2.45) is 5.73 Å². The number of aliphatic carboxylic acids is 1. The number of nitrogens with two attached hydrogens (primary N) is 1. The van der Waals surface area contributed by atoms with E-state index in [4.69, 9.17) is 10.8 Å². The Bertz CT molecular complexity index is 197. The fourth-order valence-corrected chi connectivity index (χ4v) is 1.83. The molecule has 0 radical (unpaired) electrons. The lowest BCUT2D eigenvalue weighted by molar-refractivity contribution is -0.142. The smallest absolute Gasteiger partial charge is 0.323 e. The summed E-state index contributed by atoms with van der Waals surface area (Å²) in [4.78, 5) is 10.7. The molecular weight excluding hydrogens is 198 g/mol. The Morgan fingerprint density at radius 1 is 1.36 bits per heavy atom. The van der Waals surface area contributed by atoms with E-state index in [0.29, 0.717) is 6.42 Å². The van der Waals surface area contributed by atoms with Gasteiger partial charge >= 0.3 is 5.97 Å². The first kappa shape index (κ1) is 13.8. The van der Waals surface area contributed by atoms with Crippen LogP contribution in [0.1, 0.15) is 40.5 Å². The highest BCUT2D eigenvalue weighted by Gasteiger charge is 2.27. The van der Waals surface area contributed by atoms with E-state index in [-0.39, 0.29) is 4.75 Å². The lowest BCUT2D eigenvalue weighted by atomic mass is 9.98. The molecule has 4 heteroatoms. The molecule has 0 aliphatic heterocycles. The Hall–Kier alpha value is -0.220. The molecular formula is C10H21NO2S. The molecule has 0 fully saturated rings. The van der Waals surface area contributed by atoms with Gasteiger partial charge in [-0.25, -0.2) is 0 Å². The Morgan fingerprint density at radius 2 is 1.86 bits per heavy atom. The molecule has 0 aromatic heterocycles. The fourth-order valence-electron chi connectivity index (χ4n) is 0.925. The van der Waals surface area contributed by atoms with E-state index < -0.39 is 11.5 Å². The highest BCUT2D eigenvalue weighted by Crippen LogP contribution is 2.25. The van der Waals surface area contributed by atoms with Gasteiger partial charge in [-0.3, -0.25) is 4.79 Å². The van der Waals surface area contributed by atoms with E-state index in [0.717, 1.165) is 12.2 Å². The molecule has 0 aliphatic carbocycles. The molecule has 0 aromatic carbocycles. The summed E-state index contributed by atoms with van der Waals surface area (Å²) in [6.45, 7) is 8.01. The van der Waals surface area contributed by atoms with Gasteiger partial charge in [-0.15, -0.1) is 0 Å². The van der Waals surface area contributed by atoms with E-state index in [1.165, 1.54) is 0 Å². The Morgan fingerprint density at radius 3 is 2.21 bits per heavy atom. The molecule has 0 heterocycles. The summed E-state index contributed by atoms with van der Waals surface area (Å²) < 4.78 is 0.244. The maximum Gasteiger partial charge on any atom is 0.323 e. The van der Waals surface area contributed by atoms with Gasteiger partial charge in [0.1, 0.15) is 5.54 Å². The molecule has 3 nitrogen and oxygen atoms in total. The van der Waals surface area contributed by atoms with Crippen molar-refractivity contribution in [1.29, 1.82) is 0 Å². The summed E-state index contributed by atoms with van der Waals surface area (Å²) in [5, 5.41) is 8.77. The first-order chi connectivity index (χ1) is 6.15. The number of hydrogen-bond acceptors (Lipinski definition) is 3. The summed E-state index contributed by atoms with van der Waals surface area (Å²) in [7, 11) is 0. The zero-order valence-electron chi connectivity index (χ0n) is 9.46. The summed E-state index contributed by atoms with van der Waals surface area (Å²) in [5.41, 5.74) is 4.53. The Labute approximate surface area is 90.4 Å². The molecule has 0 bridgehead atoms. The van der Waals surface area contributed by atoms with Gasteiger partial charge in [0.2, 0.25) is 0 Å². The van der Waals surface area contributed by atoms with Crippen LogP contribution in [-0.4, -0.2) is 27.1 Å². The van der Waals surface area contributed by atoms with E-state index in [2.05, 4.69) is 20.8 Å². The van der Waals surface area contributed by atoms with E-state index in [9.17, 15) is 4.79 Å². The van der Waals surface area contributed by atoms with Gasteiger partial charge in [0.15, 0.2) is 0 Å². The molecule has 0 aliphatic rings. The predicted molar refractivity (Wildman–Crippen MR) is 61.7 cm³/mol. The first-order valence-corrected chi connectivity index (χ1v) is 5.80. The van der Waals surface area contributed by atoms with Crippen molar-refractivity contribution in [2.45, 2.75) is 50.8 Å². The molecule has 0 amide bonds. The van der Waals surface area contributed by atoms with Crippen LogP contribution in [0.4, 0.5) is 0 Å². The third-order valence-electron chi connectivity index (χ3n) is 1.86. The summed E-state index contributed by atoms with van der Waals surface area (Å²) in [5.74, 6) is 0.0436. The second-order valence-electron chi connectivity index (χ2n) is 4.79. The van der Waals surface area contributed by atoms with E-state index in [1.54, 1.807) is 6.92 Å².